The average Bonchev–Trinajstić information content (AvgIpc) is 3.36. The van der Waals surface area contributed by atoms with Crippen LogP contribution in [-0.4, -0.2) is 68.9 Å². The summed E-state index contributed by atoms with van der Waals surface area (Å²) in [5.41, 5.74) is 8.18. The number of ether oxygens (including phenoxy) is 4. The number of aromatic nitrogens is 2. The van der Waals surface area contributed by atoms with Crippen molar-refractivity contribution in [3.8, 4) is 52.1 Å². The van der Waals surface area contributed by atoms with Crippen molar-refractivity contribution in [2.45, 2.75) is 52.0 Å². The lowest BCUT2D eigenvalue weighted by atomic mass is 9.95. The van der Waals surface area contributed by atoms with E-state index in [1.807, 2.05) is 55.5 Å². The Kier molecular flexibility index (Phi) is 17.2. The van der Waals surface area contributed by atoms with Gasteiger partial charge >= 0.3 is 0 Å². The topological polar surface area (TPSA) is 215 Å². The molecule has 7 aromatic rings. The predicted molar refractivity (Wildman–Crippen MR) is 258 cm³/mol. The summed E-state index contributed by atoms with van der Waals surface area (Å²) < 4.78 is 25.3. The number of nitrogens with one attached hydrogen (secondary N) is 2. The molecule has 7 rings (SSSR count). The van der Waals surface area contributed by atoms with Gasteiger partial charge in [0, 0.05) is 55.0 Å². The van der Waals surface area contributed by atoms with Crippen molar-refractivity contribution in [1.29, 1.82) is 10.5 Å². The molecule has 16 heteroatoms. The number of fused-ring (bicyclic) bond motifs is 1. The summed E-state index contributed by atoms with van der Waals surface area (Å²) in [6.45, 7) is 2.58. The van der Waals surface area contributed by atoms with Crippen LogP contribution in [0.3, 0.4) is 0 Å². The minimum absolute atomic E-state index is 0.140. The number of hydrogen-bond acceptors (Lipinski definition) is 14. The van der Waals surface area contributed by atoms with Gasteiger partial charge in [-0.15, -0.1) is 0 Å². The lowest BCUT2D eigenvalue weighted by Crippen LogP contribution is -2.29. The van der Waals surface area contributed by atoms with Crippen LogP contribution in [0.1, 0.15) is 44.5 Å². The van der Waals surface area contributed by atoms with Gasteiger partial charge in [0.1, 0.15) is 43.4 Å². The van der Waals surface area contributed by atoms with Gasteiger partial charge < -0.3 is 50.0 Å². The molecule has 68 heavy (non-hydrogen) atoms. The first-order chi connectivity index (χ1) is 33.1. The van der Waals surface area contributed by atoms with Crippen LogP contribution in [0.5, 0.6) is 28.9 Å². The second kappa shape index (κ2) is 23.8. The highest BCUT2D eigenvalue weighted by Crippen LogP contribution is 2.40. The summed E-state index contributed by atoms with van der Waals surface area (Å²) in [6.07, 6.45) is -0.444. The van der Waals surface area contributed by atoms with Gasteiger partial charge in [-0.1, -0.05) is 77.8 Å². The van der Waals surface area contributed by atoms with E-state index in [9.17, 15) is 30.9 Å². The molecular weight excluding hydrogens is 908 g/mol. The molecule has 0 radical (unpaired) electrons. The molecule has 0 bridgehead atoms. The van der Waals surface area contributed by atoms with Gasteiger partial charge in [-0.3, -0.25) is 0 Å². The van der Waals surface area contributed by atoms with E-state index in [4.69, 9.17) is 47.1 Å². The molecule has 0 aliphatic heterocycles. The number of halogens is 2. The molecule has 0 saturated carbocycles. The zero-order valence-corrected chi connectivity index (χ0v) is 38.5. The number of nitriles is 2. The van der Waals surface area contributed by atoms with Crippen molar-refractivity contribution in [3.05, 3.63) is 170 Å². The average molecular weight is 956 g/mol. The Hall–Kier alpha value is -6.82. The van der Waals surface area contributed by atoms with Crippen molar-refractivity contribution in [3.63, 3.8) is 0 Å². The van der Waals surface area contributed by atoms with Crippen LogP contribution in [0, 0.1) is 29.6 Å². The third kappa shape index (κ3) is 12.6. The maximum absolute atomic E-state index is 9.90. The molecule has 0 aliphatic rings. The molecular formula is C52H48Cl2N6O8. The largest absolute Gasteiger partial charge is 0.488 e. The van der Waals surface area contributed by atoms with Gasteiger partial charge in [-0.2, -0.15) is 10.5 Å². The summed E-state index contributed by atoms with van der Waals surface area (Å²) in [6, 6.07) is 37.0. The Labute approximate surface area is 403 Å². The fraction of sp³-hybridized carbons (Fsp3) is 0.231. The van der Waals surface area contributed by atoms with Crippen molar-refractivity contribution in [2.75, 3.05) is 26.3 Å². The molecule has 0 unspecified atom stereocenters. The Morgan fingerprint density at radius 1 is 0.603 bits per heavy atom. The van der Waals surface area contributed by atoms with Crippen molar-refractivity contribution in [1.82, 2.24) is 20.6 Å². The monoisotopic (exact) mass is 954 g/mol. The van der Waals surface area contributed by atoms with E-state index in [0.29, 0.717) is 62.0 Å². The maximum Gasteiger partial charge on any atom is 0.230 e. The molecule has 0 saturated heterocycles. The third-order valence-corrected chi connectivity index (χ3v) is 11.5. The van der Waals surface area contributed by atoms with Crippen LogP contribution in [0.4, 0.5) is 0 Å². The van der Waals surface area contributed by atoms with Gasteiger partial charge in [0.15, 0.2) is 5.75 Å². The summed E-state index contributed by atoms with van der Waals surface area (Å²) in [4.78, 5) is 9.20. The minimum Gasteiger partial charge on any atom is -0.488 e. The smallest absolute Gasteiger partial charge is 0.230 e. The highest BCUT2D eigenvalue weighted by Gasteiger charge is 2.19. The molecule has 14 nitrogen and oxygen atoms in total. The molecule has 0 aliphatic carbocycles. The van der Waals surface area contributed by atoms with E-state index >= 15 is 0 Å². The summed E-state index contributed by atoms with van der Waals surface area (Å²) in [5.74, 6) is 1.86. The van der Waals surface area contributed by atoms with Crippen LogP contribution in [0.25, 0.3) is 22.0 Å². The molecule has 6 N–H and O–H groups in total. The number of para-hydroxylation sites is 1. The second-order valence-corrected chi connectivity index (χ2v) is 16.6. The molecule has 0 spiro atoms. The van der Waals surface area contributed by atoms with E-state index in [-0.39, 0.29) is 69.3 Å². The number of benzene rings is 6. The van der Waals surface area contributed by atoms with Gasteiger partial charge in [0.05, 0.1) is 69.6 Å². The van der Waals surface area contributed by atoms with Crippen molar-refractivity contribution < 1.29 is 39.4 Å². The SMILES string of the molecule is Cc1c(COc2cc(OCc3cccc(C#N)c3)c(CNC[C@H](O)CO)cc2Cl)cccc1-c1cccc2c(Oc3cc(OCc4cccc(C#N)c4)c(CNC[C@H](O)CO)cc3Cl)ncnc12. The second-order valence-electron chi connectivity index (χ2n) is 15.8. The van der Waals surface area contributed by atoms with Gasteiger partial charge in [0.2, 0.25) is 5.88 Å². The van der Waals surface area contributed by atoms with Crippen molar-refractivity contribution in [2.24, 2.45) is 0 Å². The predicted octanol–water partition coefficient (Wildman–Crippen LogP) is 8.07. The van der Waals surface area contributed by atoms with Crippen LogP contribution in [0.15, 0.2) is 116 Å². The summed E-state index contributed by atoms with van der Waals surface area (Å²) >= 11 is 13.7. The molecule has 1 heterocycles. The maximum atomic E-state index is 9.90. The van der Waals surface area contributed by atoms with Crippen LogP contribution >= 0.6 is 23.2 Å². The van der Waals surface area contributed by atoms with Crippen LogP contribution in [0.2, 0.25) is 10.0 Å². The Balaban J connectivity index is 1.13. The number of hydrogen-bond donors (Lipinski definition) is 6. The van der Waals surface area contributed by atoms with E-state index in [0.717, 1.165) is 33.4 Å². The van der Waals surface area contributed by atoms with Gasteiger partial charge in [-0.05, 0) is 77.2 Å². The molecule has 0 amide bonds. The Bertz CT molecular complexity index is 2960. The molecule has 2 atom stereocenters. The van der Waals surface area contributed by atoms with E-state index in [1.54, 1.807) is 60.7 Å². The highest BCUT2D eigenvalue weighted by atomic mass is 35.5. The summed E-state index contributed by atoms with van der Waals surface area (Å²) in [5, 5.41) is 64.6. The van der Waals surface area contributed by atoms with E-state index in [2.05, 4.69) is 27.8 Å². The van der Waals surface area contributed by atoms with E-state index < -0.39 is 12.2 Å². The summed E-state index contributed by atoms with van der Waals surface area (Å²) in [7, 11) is 0. The van der Waals surface area contributed by atoms with Crippen molar-refractivity contribution >= 4 is 34.1 Å². The lowest BCUT2D eigenvalue weighted by Gasteiger charge is -2.18. The number of aliphatic hydroxyl groups is 4. The van der Waals surface area contributed by atoms with Crippen LogP contribution < -0.4 is 29.6 Å². The first kappa shape index (κ1) is 49.1. The fourth-order valence-corrected chi connectivity index (χ4v) is 7.76. The van der Waals surface area contributed by atoms with Crippen LogP contribution in [-0.2, 0) is 32.9 Å². The zero-order valence-electron chi connectivity index (χ0n) is 37.0. The standard InChI is InChI=1S/C52H48Cl2N6O8/c1-32-37(30-67-49-18-47(65-28-35-8-2-6-33(14-35)20-55)38(16-45(49)53)22-57-24-40(63)26-61)10-4-11-42(32)43-12-5-13-44-51(43)59-31-60-52(44)68-50-19-48(66-29-36-9-3-7-34(15-36)21-56)39(17-46(50)54)23-58-25-41(64)27-62/h2-19,31,40-41,57-58,61-64H,22-30H2,1H3/t40-,41-/m0/s1. The zero-order chi connectivity index (χ0) is 48.0. The third-order valence-electron chi connectivity index (χ3n) is 10.9. The minimum atomic E-state index is -0.943. The Morgan fingerprint density at radius 2 is 1.13 bits per heavy atom. The molecule has 348 valence electrons. The molecule has 1 aromatic heterocycles. The van der Waals surface area contributed by atoms with E-state index in [1.165, 1.54) is 6.33 Å². The number of aliphatic hydroxyl groups excluding tert-OH is 4. The first-order valence-corrected chi connectivity index (χ1v) is 22.3. The quantitative estimate of drug-likeness (QED) is 0.0379. The normalized spacial score (nSPS) is 12.0. The molecule has 6 aromatic carbocycles. The molecule has 0 fully saturated rings. The van der Waals surface area contributed by atoms with Gasteiger partial charge in [-0.25, -0.2) is 9.97 Å². The highest BCUT2D eigenvalue weighted by molar-refractivity contribution is 6.32. The number of rotatable bonds is 22. The first-order valence-electron chi connectivity index (χ1n) is 21.6. The number of nitrogens with zero attached hydrogens (tertiary/aromatic N) is 4. The fourth-order valence-electron chi connectivity index (χ4n) is 7.30. The lowest BCUT2D eigenvalue weighted by molar-refractivity contribution is 0.0941. The Morgan fingerprint density at radius 3 is 1.72 bits per heavy atom. The van der Waals surface area contributed by atoms with Gasteiger partial charge in [0.25, 0.3) is 0 Å².